The molecular weight excluding hydrogens is 245 g/mol. The third-order valence-electron chi connectivity index (χ3n) is 3.03. The van der Waals surface area contributed by atoms with Crippen LogP contribution in [0.15, 0.2) is 18.2 Å². The number of hydrogen-bond acceptors (Lipinski definition) is 3. The van der Waals surface area contributed by atoms with Crippen molar-refractivity contribution < 1.29 is 9.18 Å². The van der Waals surface area contributed by atoms with E-state index in [4.69, 9.17) is 11.5 Å². The number of nitrogens with zero attached hydrogens (tertiary/aromatic N) is 1. The molecule has 0 unspecified atom stereocenters. The van der Waals surface area contributed by atoms with Gasteiger partial charge in [0, 0.05) is 24.2 Å². The van der Waals surface area contributed by atoms with E-state index < -0.39 is 11.7 Å². The monoisotopic (exact) mass is 267 g/mol. The average Bonchev–Trinajstić information content (AvgIpc) is 2.30. The molecule has 1 aromatic rings. The van der Waals surface area contributed by atoms with E-state index in [1.807, 2.05) is 11.9 Å². The van der Waals surface area contributed by atoms with Crippen LogP contribution in [-0.4, -0.2) is 30.9 Å². The Balaban J connectivity index is 2.75. The van der Waals surface area contributed by atoms with Gasteiger partial charge in [0.15, 0.2) is 0 Å². The molecule has 0 bridgehead atoms. The summed E-state index contributed by atoms with van der Waals surface area (Å²) in [6.45, 7) is 5.93. The first-order valence-electron chi connectivity index (χ1n) is 6.22. The number of nitrogens with two attached hydrogens (primary N) is 2. The highest BCUT2D eigenvalue weighted by molar-refractivity contribution is 5.92. The van der Waals surface area contributed by atoms with Crippen LogP contribution in [0.25, 0.3) is 0 Å². The summed E-state index contributed by atoms with van der Waals surface area (Å²) in [5.74, 6) is -1.03. The highest BCUT2D eigenvalue weighted by Gasteiger charge is 2.19. The lowest BCUT2D eigenvalue weighted by Crippen LogP contribution is -2.36. The van der Waals surface area contributed by atoms with Crippen LogP contribution >= 0.6 is 0 Å². The lowest BCUT2D eigenvalue weighted by atomic mass is 9.93. The number of primary amides is 1. The van der Waals surface area contributed by atoms with Gasteiger partial charge in [-0.1, -0.05) is 19.9 Å². The molecule has 1 rings (SSSR count). The SMILES string of the molecule is CN(Cc1ccc(C(N)=O)cc1F)CC(C)(C)CN. The highest BCUT2D eigenvalue weighted by Crippen LogP contribution is 2.17. The standard InChI is InChI=1S/C14H22FN3O/c1-14(2,8-16)9-18(3)7-11-5-4-10(13(17)19)6-12(11)15/h4-6H,7-9,16H2,1-3H3,(H2,17,19). The molecule has 1 aromatic carbocycles. The van der Waals surface area contributed by atoms with Crippen molar-refractivity contribution in [2.45, 2.75) is 20.4 Å². The Kier molecular flexibility index (Phi) is 5.03. The van der Waals surface area contributed by atoms with Crippen molar-refractivity contribution >= 4 is 5.91 Å². The molecule has 0 saturated heterocycles. The Bertz CT molecular complexity index is 460. The van der Waals surface area contributed by atoms with Crippen LogP contribution in [0.1, 0.15) is 29.8 Å². The van der Waals surface area contributed by atoms with E-state index in [0.717, 1.165) is 6.54 Å². The predicted octanol–water partition coefficient (Wildman–Crippen LogP) is 1.34. The topological polar surface area (TPSA) is 72.3 Å². The van der Waals surface area contributed by atoms with Crippen molar-refractivity contribution in [3.8, 4) is 0 Å². The van der Waals surface area contributed by atoms with E-state index in [1.165, 1.54) is 6.07 Å². The minimum atomic E-state index is -0.622. The molecule has 0 aliphatic rings. The maximum Gasteiger partial charge on any atom is 0.248 e. The largest absolute Gasteiger partial charge is 0.366 e. The first-order valence-corrected chi connectivity index (χ1v) is 6.22. The summed E-state index contributed by atoms with van der Waals surface area (Å²) in [6, 6.07) is 4.32. The Morgan fingerprint density at radius 3 is 2.53 bits per heavy atom. The third-order valence-corrected chi connectivity index (χ3v) is 3.03. The molecule has 0 aromatic heterocycles. The van der Waals surface area contributed by atoms with Crippen LogP contribution < -0.4 is 11.5 Å². The molecule has 1 amide bonds. The molecule has 5 heteroatoms. The Labute approximate surface area is 113 Å². The van der Waals surface area contributed by atoms with Crippen molar-refractivity contribution in [1.29, 1.82) is 0 Å². The second-order valence-electron chi connectivity index (χ2n) is 5.71. The van der Waals surface area contributed by atoms with Gasteiger partial charge in [0.05, 0.1) is 0 Å². The summed E-state index contributed by atoms with van der Waals surface area (Å²) in [5.41, 5.74) is 11.5. The van der Waals surface area contributed by atoms with Crippen LogP contribution in [0, 0.1) is 11.2 Å². The lowest BCUT2D eigenvalue weighted by molar-refractivity contribution is 0.1000. The van der Waals surface area contributed by atoms with Gasteiger partial charge in [-0.05, 0) is 31.1 Å². The first-order chi connectivity index (χ1) is 8.75. The normalized spacial score (nSPS) is 11.9. The van der Waals surface area contributed by atoms with Crippen LogP contribution in [0.3, 0.4) is 0 Å². The number of amides is 1. The molecule has 0 heterocycles. The Hall–Kier alpha value is -1.46. The van der Waals surface area contributed by atoms with Crippen molar-refractivity contribution in [3.05, 3.63) is 35.1 Å². The lowest BCUT2D eigenvalue weighted by Gasteiger charge is -2.29. The second-order valence-corrected chi connectivity index (χ2v) is 5.71. The summed E-state index contributed by atoms with van der Waals surface area (Å²) in [4.78, 5) is 13.0. The number of hydrogen-bond donors (Lipinski definition) is 2. The smallest absolute Gasteiger partial charge is 0.248 e. The van der Waals surface area contributed by atoms with E-state index in [1.54, 1.807) is 12.1 Å². The molecule has 4 nitrogen and oxygen atoms in total. The fourth-order valence-electron chi connectivity index (χ4n) is 1.97. The minimum absolute atomic E-state index is 0.0155. The van der Waals surface area contributed by atoms with Crippen LogP contribution in [0.5, 0.6) is 0 Å². The third kappa shape index (κ3) is 4.61. The van der Waals surface area contributed by atoms with Gasteiger partial charge in [0.25, 0.3) is 0 Å². The van der Waals surface area contributed by atoms with Gasteiger partial charge in [-0.25, -0.2) is 4.39 Å². The van der Waals surface area contributed by atoms with Gasteiger partial charge in [-0.3, -0.25) is 4.79 Å². The highest BCUT2D eigenvalue weighted by atomic mass is 19.1. The average molecular weight is 267 g/mol. The number of carbonyl (C=O) groups excluding carboxylic acids is 1. The van der Waals surface area contributed by atoms with Crippen LogP contribution in [0.2, 0.25) is 0 Å². The molecule has 0 saturated carbocycles. The summed E-state index contributed by atoms with van der Waals surface area (Å²) >= 11 is 0. The quantitative estimate of drug-likeness (QED) is 0.817. The summed E-state index contributed by atoms with van der Waals surface area (Å²) in [5, 5.41) is 0. The van der Waals surface area contributed by atoms with E-state index in [0.29, 0.717) is 18.7 Å². The van der Waals surface area contributed by atoms with Gasteiger partial charge >= 0.3 is 0 Å². The fourth-order valence-corrected chi connectivity index (χ4v) is 1.97. The van der Waals surface area contributed by atoms with Crippen molar-refractivity contribution in [2.75, 3.05) is 20.1 Å². The second kappa shape index (κ2) is 6.12. The van der Waals surface area contributed by atoms with Gasteiger partial charge < -0.3 is 16.4 Å². The number of rotatable bonds is 6. The maximum atomic E-state index is 13.8. The fraction of sp³-hybridized carbons (Fsp3) is 0.500. The van der Waals surface area contributed by atoms with Crippen LogP contribution in [0.4, 0.5) is 4.39 Å². The van der Waals surface area contributed by atoms with Gasteiger partial charge in [0.2, 0.25) is 5.91 Å². The maximum absolute atomic E-state index is 13.8. The molecule has 4 N–H and O–H groups in total. The Morgan fingerprint density at radius 1 is 1.42 bits per heavy atom. The predicted molar refractivity (Wildman–Crippen MR) is 74.1 cm³/mol. The molecule has 106 valence electrons. The Morgan fingerprint density at radius 2 is 2.05 bits per heavy atom. The summed E-state index contributed by atoms with van der Waals surface area (Å²) < 4.78 is 13.8. The zero-order valence-electron chi connectivity index (χ0n) is 11.7. The summed E-state index contributed by atoms with van der Waals surface area (Å²) in [7, 11) is 1.92. The van der Waals surface area contributed by atoms with Crippen LogP contribution in [-0.2, 0) is 6.54 Å². The summed E-state index contributed by atoms with van der Waals surface area (Å²) in [6.07, 6.45) is 0. The number of carbonyl (C=O) groups is 1. The molecule has 0 fully saturated rings. The van der Waals surface area contributed by atoms with Crippen molar-refractivity contribution in [1.82, 2.24) is 4.90 Å². The molecular formula is C14H22FN3O. The van der Waals surface area contributed by atoms with Gasteiger partial charge in [-0.2, -0.15) is 0 Å². The van der Waals surface area contributed by atoms with Crippen molar-refractivity contribution in [3.63, 3.8) is 0 Å². The van der Waals surface area contributed by atoms with Gasteiger partial charge in [-0.15, -0.1) is 0 Å². The van der Waals surface area contributed by atoms with Crippen molar-refractivity contribution in [2.24, 2.45) is 16.9 Å². The zero-order chi connectivity index (χ0) is 14.6. The van der Waals surface area contributed by atoms with Gasteiger partial charge in [0.1, 0.15) is 5.82 Å². The molecule has 0 radical (unpaired) electrons. The molecule has 0 atom stereocenters. The zero-order valence-corrected chi connectivity index (χ0v) is 11.7. The molecule has 19 heavy (non-hydrogen) atoms. The number of halogens is 1. The van der Waals surface area contributed by atoms with E-state index in [9.17, 15) is 9.18 Å². The van der Waals surface area contributed by atoms with E-state index in [2.05, 4.69) is 13.8 Å². The van der Waals surface area contributed by atoms with E-state index >= 15 is 0 Å². The first kappa shape index (κ1) is 15.6. The van der Waals surface area contributed by atoms with E-state index in [-0.39, 0.29) is 11.0 Å². The molecule has 0 aliphatic carbocycles. The number of benzene rings is 1. The molecule has 0 aliphatic heterocycles. The molecule has 0 spiro atoms. The minimum Gasteiger partial charge on any atom is -0.366 e.